The van der Waals surface area contributed by atoms with Gasteiger partial charge in [-0.25, -0.2) is 19.9 Å². The van der Waals surface area contributed by atoms with E-state index in [-0.39, 0.29) is 11.8 Å². The van der Waals surface area contributed by atoms with E-state index in [0.29, 0.717) is 13.2 Å². The zero-order chi connectivity index (χ0) is 43.6. The summed E-state index contributed by atoms with van der Waals surface area (Å²) in [7, 11) is 0. The highest BCUT2D eigenvalue weighted by molar-refractivity contribution is 5.56. The number of rotatable bonds is 31. The number of aromatic nitrogens is 4. The maximum Gasteiger partial charge on any atom is 0.159 e. The summed E-state index contributed by atoms with van der Waals surface area (Å²) in [5, 5.41) is 17.6. The third-order valence-electron chi connectivity index (χ3n) is 11.1. The lowest BCUT2D eigenvalue weighted by molar-refractivity contribution is 0.297. The summed E-state index contributed by atoms with van der Waals surface area (Å²) in [5.74, 6) is 3.16. The third kappa shape index (κ3) is 23.1. The van der Waals surface area contributed by atoms with Gasteiger partial charge in [-0.05, 0) is 112 Å². The van der Waals surface area contributed by atoms with Crippen LogP contribution in [0, 0.1) is 34.5 Å². The molecule has 2 heterocycles. The predicted octanol–water partition coefficient (Wildman–Crippen LogP) is 14.7. The monoisotopic (exact) mass is 829 g/mol. The first-order chi connectivity index (χ1) is 29.9. The van der Waals surface area contributed by atoms with Crippen molar-refractivity contribution in [2.24, 2.45) is 11.8 Å². The molecule has 2 atom stereocenters. The number of nitrogens with zero attached hydrogens (tertiary/aromatic N) is 6. The number of unbranched alkanes of at least 4 members (excludes halogenated alkanes) is 17. The number of ether oxygens (including phenoxy) is 2. The molecule has 0 N–H and O–H groups in total. The SMILES string of the molecule is CCCCCCCCCCCCc1cnc(-c2ccc(OCCC(C)C#N)cc2)nc1.CCCCCCCCCCCc1cnc(-c2ccc(OCCC(C)C#N)cc2)nc1. The molecule has 0 bridgehead atoms. The molecule has 8 heteroatoms. The van der Waals surface area contributed by atoms with Crippen molar-refractivity contribution in [1.29, 1.82) is 10.5 Å². The van der Waals surface area contributed by atoms with Crippen LogP contribution < -0.4 is 9.47 Å². The quantitative estimate of drug-likeness (QED) is 0.0460. The Morgan fingerprint density at radius 1 is 0.443 bits per heavy atom. The van der Waals surface area contributed by atoms with Crippen LogP contribution in [0.2, 0.25) is 0 Å². The Labute approximate surface area is 370 Å². The molecule has 2 unspecified atom stereocenters. The van der Waals surface area contributed by atoms with Gasteiger partial charge in [0.1, 0.15) is 11.5 Å². The van der Waals surface area contributed by atoms with E-state index >= 15 is 0 Å². The molecule has 4 aromatic rings. The van der Waals surface area contributed by atoms with Crippen molar-refractivity contribution in [2.75, 3.05) is 13.2 Å². The minimum Gasteiger partial charge on any atom is -0.494 e. The Balaban J connectivity index is 0.000000325. The fourth-order valence-electron chi connectivity index (χ4n) is 6.96. The van der Waals surface area contributed by atoms with Crippen LogP contribution >= 0.6 is 0 Å². The van der Waals surface area contributed by atoms with Gasteiger partial charge in [0.2, 0.25) is 0 Å². The molecule has 2 aromatic heterocycles. The van der Waals surface area contributed by atoms with Crippen LogP contribution in [0.4, 0.5) is 0 Å². The summed E-state index contributed by atoms with van der Waals surface area (Å²) >= 11 is 0. The number of hydrogen-bond acceptors (Lipinski definition) is 8. The van der Waals surface area contributed by atoms with Crippen molar-refractivity contribution < 1.29 is 9.47 Å². The summed E-state index contributed by atoms with van der Waals surface area (Å²) in [4.78, 5) is 18.2. The Hall–Kier alpha value is -4.82. The van der Waals surface area contributed by atoms with Gasteiger partial charge in [-0.1, -0.05) is 123 Å². The molecule has 0 amide bonds. The molecule has 0 aliphatic carbocycles. The molecule has 0 saturated heterocycles. The molecule has 0 fully saturated rings. The van der Waals surface area contributed by atoms with Crippen molar-refractivity contribution in [1.82, 2.24) is 19.9 Å². The Morgan fingerprint density at radius 3 is 1.03 bits per heavy atom. The average molecular weight is 829 g/mol. The second-order valence-corrected chi connectivity index (χ2v) is 16.7. The van der Waals surface area contributed by atoms with Gasteiger partial charge in [-0.3, -0.25) is 0 Å². The summed E-state index contributed by atoms with van der Waals surface area (Å²) in [6.45, 7) is 9.46. The Kier molecular flexibility index (Phi) is 27.2. The standard InChI is InChI=1S/C27H39N3O.C26H37N3O/c1-3-4-5-6-7-8-9-10-11-12-13-24-21-29-27(30-22-24)25-14-16-26(17-15-25)31-19-18-23(2)20-28;1-3-4-5-6-7-8-9-10-11-12-23-20-28-26(29-21-23)24-13-15-25(16-14-24)30-18-17-22(2)19-27/h14-17,21-23H,3-13,18-19H2,1-2H3;13-16,20-22H,3-12,17-18H2,1-2H3. The minimum absolute atomic E-state index is 0.0199. The molecule has 0 radical (unpaired) electrons. The lowest BCUT2D eigenvalue weighted by Crippen LogP contribution is -2.02. The maximum atomic E-state index is 8.82. The zero-order valence-electron chi connectivity index (χ0n) is 38.3. The van der Waals surface area contributed by atoms with Gasteiger partial charge in [0, 0.05) is 47.8 Å². The second-order valence-electron chi connectivity index (χ2n) is 16.7. The predicted molar refractivity (Wildman–Crippen MR) is 251 cm³/mol. The van der Waals surface area contributed by atoms with Crippen LogP contribution in [0.25, 0.3) is 22.8 Å². The van der Waals surface area contributed by atoms with Crippen molar-refractivity contribution in [3.8, 4) is 46.4 Å². The third-order valence-corrected chi connectivity index (χ3v) is 11.1. The Morgan fingerprint density at radius 2 is 0.738 bits per heavy atom. The molecule has 2 aromatic carbocycles. The fraction of sp³-hybridized carbons (Fsp3) is 0.585. The van der Waals surface area contributed by atoms with E-state index < -0.39 is 0 Å². The van der Waals surface area contributed by atoms with E-state index in [1.807, 2.05) is 87.2 Å². The number of hydrogen-bond donors (Lipinski definition) is 0. The average Bonchev–Trinajstić information content (AvgIpc) is 3.30. The maximum absolute atomic E-state index is 8.82. The van der Waals surface area contributed by atoms with Crippen molar-refractivity contribution in [3.05, 3.63) is 84.4 Å². The largest absolute Gasteiger partial charge is 0.494 e. The topological polar surface area (TPSA) is 118 Å². The van der Waals surface area contributed by atoms with Crippen molar-refractivity contribution >= 4 is 0 Å². The molecule has 330 valence electrons. The molecule has 4 rings (SSSR count). The van der Waals surface area contributed by atoms with Crippen LogP contribution in [0.1, 0.15) is 174 Å². The lowest BCUT2D eigenvalue weighted by Gasteiger charge is -2.08. The minimum atomic E-state index is 0.0199. The summed E-state index contributed by atoms with van der Waals surface area (Å²) < 4.78 is 11.4. The second kappa shape index (κ2) is 32.9. The highest BCUT2D eigenvalue weighted by atomic mass is 16.5. The first kappa shape index (κ1) is 50.5. The first-order valence-electron chi connectivity index (χ1n) is 23.8. The molecule has 61 heavy (non-hydrogen) atoms. The molecule has 0 aliphatic rings. The van der Waals surface area contributed by atoms with E-state index in [1.165, 1.54) is 133 Å². The highest BCUT2D eigenvalue weighted by Gasteiger charge is 2.06. The molecular weight excluding hydrogens is 753 g/mol. The molecule has 0 saturated carbocycles. The van der Waals surface area contributed by atoms with Crippen LogP contribution in [-0.4, -0.2) is 33.1 Å². The smallest absolute Gasteiger partial charge is 0.159 e. The van der Waals surface area contributed by atoms with Crippen LogP contribution in [-0.2, 0) is 12.8 Å². The van der Waals surface area contributed by atoms with Gasteiger partial charge in [0.15, 0.2) is 11.6 Å². The molecule has 8 nitrogen and oxygen atoms in total. The number of benzene rings is 2. The van der Waals surface area contributed by atoms with Crippen molar-refractivity contribution in [3.63, 3.8) is 0 Å². The lowest BCUT2D eigenvalue weighted by atomic mass is 10.0. The summed E-state index contributed by atoms with van der Waals surface area (Å²) in [6, 6.07) is 20.1. The van der Waals surface area contributed by atoms with E-state index in [1.54, 1.807) is 0 Å². The van der Waals surface area contributed by atoms with Gasteiger partial charge in [-0.2, -0.15) is 10.5 Å². The van der Waals surface area contributed by atoms with Gasteiger partial charge in [-0.15, -0.1) is 0 Å². The normalized spacial score (nSPS) is 11.8. The summed E-state index contributed by atoms with van der Waals surface area (Å²) in [5.41, 5.74) is 4.41. The number of aryl methyl sites for hydroxylation is 2. The van der Waals surface area contributed by atoms with Gasteiger partial charge < -0.3 is 9.47 Å². The van der Waals surface area contributed by atoms with Crippen LogP contribution in [0.5, 0.6) is 11.5 Å². The highest BCUT2D eigenvalue weighted by Crippen LogP contribution is 2.22. The fourth-order valence-corrected chi connectivity index (χ4v) is 6.96. The van der Waals surface area contributed by atoms with Crippen molar-refractivity contribution in [2.45, 2.75) is 175 Å². The molecule has 0 aliphatic heterocycles. The number of nitriles is 2. The van der Waals surface area contributed by atoms with E-state index in [2.05, 4.69) is 45.9 Å². The van der Waals surface area contributed by atoms with E-state index in [4.69, 9.17) is 20.0 Å². The zero-order valence-corrected chi connectivity index (χ0v) is 38.3. The van der Waals surface area contributed by atoms with Crippen LogP contribution in [0.3, 0.4) is 0 Å². The summed E-state index contributed by atoms with van der Waals surface area (Å²) in [6.07, 6.45) is 37.1. The molecule has 0 spiro atoms. The van der Waals surface area contributed by atoms with Gasteiger partial charge in [0.25, 0.3) is 0 Å². The van der Waals surface area contributed by atoms with Gasteiger partial charge in [0.05, 0.1) is 25.4 Å². The first-order valence-corrected chi connectivity index (χ1v) is 23.8. The Bertz CT molecular complexity index is 1750. The van der Waals surface area contributed by atoms with Crippen LogP contribution in [0.15, 0.2) is 73.3 Å². The van der Waals surface area contributed by atoms with E-state index in [9.17, 15) is 0 Å². The van der Waals surface area contributed by atoms with E-state index in [0.717, 1.165) is 60.0 Å². The van der Waals surface area contributed by atoms with Gasteiger partial charge >= 0.3 is 0 Å². The molecular formula is C53H76N6O2.